The zero-order valence-electron chi connectivity index (χ0n) is 12.0. The Morgan fingerprint density at radius 2 is 1.53 bits per heavy atom. The van der Waals surface area contributed by atoms with Crippen molar-refractivity contribution >= 4 is 0 Å². The zero-order chi connectivity index (χ0) is 13.5. The molecule has 0 aliphatic heterocycles. The van der Waals surface area contributed by atoms with E-state index in [4.69, 9.17) is 0 Å². The predicted octanol–water partition coefficient (Wildman–Crippen LogP) is 4.22. The fourth-order valence-corrected chi connectivity index (χ4v) is 3.40. The highest BCUT2D eigenvalue weighted by Crippen LogP contribution is 2.31. The molecular formula is C18H26O. The molecule has 0 saturated heterocycles. The Labute approximate surface area is 117 Å². The number of hydrogen-bond donors (Lipinski definition) is 1. The van der Waals surface area contributed by atoms with Gasteiger partial charge in [0.05, 0.1) is 0 Å². The Balaban J connectivity index is 1.94. The standard InChI is InChI=1S/C18H26O/c1-2-17(16-11-7-4-8-12-16)18(19)14-13-15-9-5-3-6-10-15/h15-16,18-19H,1,3-12H2/t18-/m0/s1. The number of aliphatic hydroxyl groups excluding tert-OH is 1. The van der Waals surface area contributed by atoms with E-state index in [1.54, 1.807) is 0 Å². The molecule has 0 unspecified atom stereocenters. The first-order valence-electron chi connectivity index (χ1n) is 7.90. The molecule has 2 aliphatic rings. The number of aliphatic hydroxyl groups is 1. The van der Waals surface area contributed by atoms with Gasteiger partial charge in [0.2, 0.25) is 0 Å². The maximum atomic E-state index is 10.3. The molecule has 0 radical (unpaired) electrons. The van der Waals surface area contributed by atoms with Gasteiger partial charge in [-0.2, -0.15) is 0 Å². The second-order valence-corrected chi connectivity index (χ2v) is 5.99. The smallest absolute Gasteiger partial charge is 0.143 e. The van der Waals surface area contributed by atoms with Crippen LogP contribution in [0.2, 0.25) is 0 Å². The van der Waals surface area contributed by atoms with Crippen LogP contribution in [-0.2, 0) is 0 Å². The summed E-state index contributed by atoms with van der Waals surface area (Å²) < 4.78 is 0. The highest BCUT2D eigenvalue weighted by molar-refractivity contribution is 5.24. The van der Waals surface area contributed by atoms with Crippen molar-refractivity contribution < 1.29 is 5.11 Å². The minimum atomic E-state index is -0.637. The molecule has 19 heavy (non-hydrogen) atoms. The monoisotopic (exact) mass is 258 g/mol. The molecule has 1 heteroatoms. The van der Waals surface area contributed by atoms with Gasteiger partial charge in [-0.3, -0.25) is 0 Å². The molecule has 0 aromatic carbocycles. The third-order valence-corrected chi connectivity index (χ3v) is 4.57. The van der Waals surface area contributed by atoms with Crippen LogP contribution in [0.25, 0.3) is 0 Å². The van der Waals surface area contributed by atoms with Crippen molar-refractivity contribution in [3.8, 4) is 11.8 Å². The lowest BCUT2D eigenvalue weighted by molar-refractivity contribution is 0.239. The van der Waals surface area contributed by atoms with Gasteiger partial charge in [-0.1, -0.05) is 56.9 Å². The van der Waals surface area contributed by atoms with Crippen LogP contribution in [-0.4, -0.2) is 11.2 Å². The molecule has 0 aromatic rings. The van der Waals surface area contributed by atoms with Gasteiger partial charge < -0.3 is 5.11 Å². The average molecular weight is 258 g/mol. The molecule has 0 heterocycles. The van der Waals surface area contributed by atoms with Crippen molar-refractivity contribution in [3.05, 3.63) is 17.9 Å². The summed E-state index contributed by atoms with van der Waals surface area (Å²) in [4.78, 5) is 0. The average Bonchev–Trinajstić information content (AvgIpc) is 2.48. The normalized spacial score (nSPS) is 23.0. The summed E-state index contributed by atoms with van der Waals surface area (Å²) in [7, 11) is 0. The Morgan fingerprint density at radius 3 is 2.11 bits per heavy atom. The second-order valence-electron chi connectivity index (χ2n) is 5.99. The van der Waals surface area contributed by atoms with Gasteiger partial charge in [0.25, 0.3) is 0 Å². The van der Waals surface area contributed by atoms with E-state index in [-0.39, 0.29) is 0 Å². The maximum Gasteiger partial charge on any atom is 0.143 e. The van der Waals surface area contributed by atoms with E-state index in [1.807, 2.05) is 0 Å². The molecule has 1 nitrogen and oxygen atoms in total. The Morgan fingerprint density at radius 1 is 0.947 bits per heavy atom. The molecule has 2 aliphatic carbocycles. The highest BCUT2D eigenvalue weighted by atomic mass is 16.3. The quantitative estimate of drug-likeness (QED) is 0.580. The van der Waals surface area contributed by atoms with Crippen LogP contribution in [0.3, 0.4) is 0 Å². The first-order valence-corrected chi connectivity index (χ1v) is 7.90. The fraction of sp³-hybridized carbons (Fsp3) is 0.722. The van der Waals surface area contributed by atoms with Gasteiger partial charge in [0.15, 0.2) is 0 Å². The summed E-state index contributed by atoms with van der Waals surface area (Å²) in [5.74, 6) is 7.31. The largest absolute Gasteiger partial charge is 0.376 e. The summed E-state index contributed by atoms with van der Waals surface area (Å²) in [6, 6.07) is 0. The minimum Gasteiger partial charge on any atom is -0.376 e. The van der Waals surface area contributed by atoms with Gasteiger partial charge in [0, 0.05) is 11.5 Å². The van der Waals surface area contributed by atoms with Crippen molar-refractivity contribution in [1.29, 1.82) is 0 Å². The predicted molar refractivity (Wildman–Crippen MR) is 79.6 cm³/mol. The van der Waals surface area contributed by atoms with Gasteiger partial charge in [-0.15, -0.1) is 5.73 Å². The minimum absolute atomic E-state index is 0.460. The van der Waals surface area contributed by atoms with Crippen LogP contribution in [0.1, 0.15) is 64.2 Å². The molecule has 2 rings (SSSR count). The van der Waals surface area contributed by atoms with Crippen molar-refractivity contribution in [2.75, 3.05) is 0 Å². The summed E-state index contributed by atoms with van der Waals surface area (Å²) in [5.41, 5.74) is 3.92. The SMILES string of the molecule is C=C=C(C1CCCCC1)[C@@H](O)C#CC1CCCCC1. The maximum absolute atomic E-state index is 10.3. The van der Waals surface area contributed by atoms with Crippen LogP contribution in [0.4, 0.5) is 0 Å². The molecule has 0 aromatic heterocycles. The van der Waals surface area contributed by atoms with E-state index in [0.717, 1.165) is 5.57 Å². The van der Waals surface area contributed by atoms with Crippen LogP contribution in [0, 0.1) is 23.7 Å². The molecule has 104 valence electrons. The van der Waals surface area contributed by atoms with E-state index >= 15 is 0 Å². The van der Waals surface area contributed by atoms with Crippen LogP contribution in [0.5, 0.6) is 0 Å². The molecule has 1 N–H and O–H groups in total. The van der Waals surface area contributed by atoms with E-state index < -0.39 is 6.10 Å². The Kier molecular flexibility index (Phi) is 5.77. The van der Waals surface area contributed by atoms with Crippen LogP contribution < -0.4 is 0 Å². The first-order chi connectivity index (χ1) is 9.31. The van der Waals surface area contributed by atoms with E-state index in [0.29, 0.717) is 11.8 Å². The Hall–Kier alpha value is -0.960. The van der Waals surface area contributed by atoms with Gasteiger partial charge >= 0.3 is 0 Å². The van der Waals surface area contributed by atoms with Crippen LogP contribution in [0.15, 0.2) is 17.9 Å². The summed E-state index contributed by atoms with van der Waals surface area (Å²) in [5, 5.41) is 10.3. The van der Waals surface area contributed by atoms with Crippen molar-refractivity contribution in [2.45, 2.75) is 70.3 Å². The van der Waals surface area contributed by atoms with Gasteiger partial charge in [0.1, 0.15) is 6.10 Å². The molecule has 1 atom stereocenters. The van der Waals surface area contributed by atoms with Gasteiger partial charge in [-0.05, 0) is 31.6 Å². The summed E-state index contributed by atoms with van der Waals surface area (Å²) >= 11 is 0. The topological polar surface area (TPSA) is 20.2 Å². The van der Waals surface area contributed by atoms with E-state index in [9.17, 15) is 5.11 Å². The number of rotatable bonds is 2. The third kappa shape index (κ3) is 4.27. The fourth-order valence-electron chi connectivity index (χ4n) is 3.40. The van der Waals surface area contributed by atoms with Crippen molar-refractivity contribution in [1.82, 2.24) is 0 Å². The molecule has 0 amide bonds. The summed E-state index contributed by atoms with van der Waals surface area (Å²) in [6.45, 7) is 3.76. The van der Waals surface area contributed by atoms with E-state index in [1.165, 1.54) is 64.2 Å². The van der Waals surface area contributed by atoms with Crippen molar-refractivity contribution in [2.24, 2.45) is 11.8 Å². The Bertz CT molecular complexity index is 380. The molecule has 0 spiro atoms. The molecule has 0 bridgehead atoms. The highest BCUT2D eigenvalue weighted by Gasteiger charge is 2.22. The molecule has 2 saturated carbocycles. The number of hydrogen-bond acceptors (Lipinski definition) is 1. The van der Waals surface area contributed by atoms with Crippen molar-refractivity contribution in [3.63, 3.8) is 0 Å². The lowest BCUT2D eigenvalue weighted by atomic mass is 9.82. The zero-order valence-corrected chi connectivity index (χ0v) is 12.0. The lowest BCUT2D eigenvalue weighted by Gasteiger charge is -2.24. The lowest BCUT2D eigenvalue weighted by Crippen LogP contribution is -2.18. The summed E-state index contributed by atoms with van der Waals surface area (Å²) in [6.07, 6.45) is 11.9. The van der Waals surface area contributed by atoms with Gasteiger partial charge in [-0.25, -0.2) is 0 Å². The third-order valence-electron chi connectivity index (χ3n) is 4.57. The molecule has 2 fully saturated rings. The van der Waals surface area contributed by atoms with E-state index in [2.05, 4.69) is 24.2 Å². The first kappa shape index (κ1) is 14.4. The molecular weight excluding hydrogens is 232 g/mol. The second kappa shape index (κ2) is 7.59. The van der Waals surface area contributed by atoms with Crippen LogP contribution >= 0.6 is 0 Å².